The van der Waals surface area contributed by atoms with Crippen LogP contribution >= 0.6 is 11.3 Å². The fourth-order valence-electron chi connectivity index (χ4n) is 2.22. The van der Waals surface area contributed by atoms with Gasteiger partial charge in [-0.15, -0.1) is 0 Å². The molecule has 1 amide bonds. The summed E-state index contributed by atoms with van der Waals surface area (Å²) in [5.41, 5.74) is 1.43. The lowest BCUT2D eigenvalue weighted by molar-refractivity contribution is 0.0729. The maximum absolute atomic E-state index is 12.6. The number of nitrogens with zero attached hydrogens (tertiary/aromatic N) is 1. The second-order valence-corrected chi connectivity index (χ2v) is 5.81. The van der Waals surface area contributed by atoms with Gasteiger partial charge in [-0.05, 0) is 47.4 Å². The predicted molar refractivity (Wildman–Crippen MR) is 77.0 cm³/mol. The molecule has 0 saturated heterocycles. The van der Waals surface area contributed by atoms with E-state index in [-0.39, 0.29) is 23.4 Å². The Morgan fingerprint density at radius 3 is 2.50 bits per heavy atom. The molecule has 0 atom stereocenters. The number of phenols is 2. The molecule has 1 aliphatic rings. The molecule has 0 bridgehead atoms. The Morgan fingerprint density at radius 1 is 1.25 bits per heavy atom. The lowest BCUT2D eigenvalue weighted by Gasteiger charge is -2.22. The Bertz CT molecular complexity index is 600. The van der Waals surface area contributed by atoms with E-state index in [2.05, 4.69) is 0 Å². The van der Waals surface area contributed by atoms with Crippen molar-refractivity contribution in [2.24, 2.45) is 0 Å². The van der Waals surface area contributed by atoms with Crippen molar-refractivity contribution >= 4 is 17.2 Å². The van der Waals surface area contributed by atoms with Gasteiger partial charge in [0.2, 0.25) is 0 Å². The Balaban J connectivity index is 1.85. The summed E-state index contributed by atoms with van der Waals surface area (Å²) in [6.45, 7) is 0.573. The van der Waals surface area contributed by atoms with Crippen molar-refractivity contribution in [3.8, 4) is 11.5 Å². The average Bonchev–Trinajstić information content (AvgIpc) is 3.11. The molecule has 2 aromatic rings. The van der Waals surface area contributed by atoms with Gasteiger partial charge in [0.25, 0.3) is 5.91 Å². The van der Waals surface area contributed by atoms with Crippen LogP contribution in [-0.2, 0) is 6.54 Å². The van der Waals surface area contributed by atoms with Crippen LogP contribution in [0.4, 0.5) is 0 Å². The first-order chi connectivity index (χ1) is 9.63. The topological polar surface area (TPSA) is 60.8 Å². The minimum Gasteiger partial charge on any atom is -0.508 e. The number of aromatic hydroxyl groups is 2. The zero-order valence-corrected chi connectivity index (χ0v) is 11.6. The molecule has 20 heavy (non-hydrogen) atoms. The smallest absolute Gasteiger partial charge is 0.254 e. The van der Waals surface area contributed by atoms with E-state index in [9.17, 15) is 15.0 Å². The minimum absolute atomic E-state index is 0.0976. The van der Waals surface area contributed by atoms with E-state index in [1.54, 1.807) is 11.3 Å². The standard InChI is InChI=1S/C15H15NO3S/c17-13-5-11(6-14(18)7-13)15(19)16(12-1-2-12)8-10-3-4-20-9-10/h3-7,9,12,17-18H,1-2,8H2. The van der Waals surface area contributed by atoms with Crippen LogP contribution in [-0.4, -0.2) is 27.1 Å². The Labute approximate surface area is 120 Å². The fourth-order valence-corrected chi connectivity index (χ4v) is 2.88. The third-order valence-corrected chi connectivity index (χ3v) is 4.06. The van der Waals surface area contributed by atoms with Gasteiger partial charge in [-0.3, -0.25) is 4.79 Å². The summed E-state index contributed by atoms with van der Waals surface area (Å²) < 4.78 is 0. The summed E-state index contributed by atoms with van der Waals surface area (Å²) in [6, 6.07) is 6.28. The predicted octanol–water partition coefficient (Wildman–Crippen LogP) is 2.96. The third kappa shape index (κ3) is 2.77. The van der Waals surface area contributed by atoms with Crippen LogP contribution in [0.5, 0.6) is 11.5 Å². The van der Waals surface area contributed by atoms with Gasteiger partial charge in [0.1, 0.15) is 11.5 Å². The molecule has 1 aromatic heterocycles. The number of amides is 1. The van der Waals surface area contributed by atoms with Crippen molar-refractivity contribution < 1.29 is 15.0 Å². The molecule has 2 N–H and O–H groups in total. The molecule has 1 aliphatic carbocycles. The van der Waals surface area contributed by atoms with E-state index in [4.69, 9.17) is 0 Å². The Hall–Kier alpha value is -2.01. The van der Waals surface area contributed by atoms with Gasteiger partial charge in [0.15, 0.2) is 0 Å². The van der Waals surface area contributed by atoms with E-state index < -0.39 is 0 Å². The molecule has 1 fully saturated rings. The van der Waals surface area contributed by atoms with E-state index in [1.165, 1.54) is 18.2 Å². The van der Waals surface area contributed by atoms with Gasteiger partial charge in [0, 0.05) is 24.2 Å². The zero-order chi connectivity index (χ0) is 14.1. The van der Waals surface area contributed by atoms with Crippen LogP contribution in [0.2, 0.25) is 0 Å². The number of rotatable bonds is 4. The number of carbonyl (C=O) groups is 1. The van der Waals surface area contributed by atoms with Crippen molar-refractivity contribution in [3.05, 3.63) is 46.2 Å². The highest BCUT2D eigenvalue weighted by atomic mass is 32.1. The van der Waals surface area contributed by atoms with Crippen LogP contribution in [0.3, 0.4) is 0 Å². The summed E-state index contributed by atoms with van der Waals surface area (Å²) >= 11 is 1.61. The van der Waals surface area contributed by atoms with Gasteiger partial charge in [-0.1, -0.05) is 0 Å². The molecular formula is C15H15NO3S. The zero-order valence-electron chi connectivity index (χ0n) is 10.8. The lowest BCUT2D eigenvalue weighted by Crippen LogP contribution is -2.32. The maximum atomic E-state index is 12.6. The normalized spacial score (nSPS) is 14.2. The molecule has 0 unspecified atom stereocenters. The van der Waals surface area contributed by atoms with Gasteiger partial charge in [-0.25, -0.2) is 0 Å². The van der Waals surface area contributed by atoms with Crippen LogP contribution < -0.4 is 0 Å². The van der Waals surface area contributed by atoms with Gasteiger partial charge >= 0.3 is 0 Å². The molecule has 0 spiro atoms. The number of carbonyl (C=O) groups excluding carboxylic acids is 1. The van der Waals surface area contributed by atoms with E-state index in [0.29, 0.717) is 12.1 Å². The summed E-state index contributed by atoms with van der Waals surface area (Å²) in [4.78, 5) is 14.4. The summed E-state index contributed by atoms with van der Waals surface area (Å²) in [7, 11) is 0. The summed E-state index contributed by atoms with van der Waals surface area (Å²) in [5, 5.41) is 23.0. The molecule has 4 nitrogen and oxygen atoms in total. The first-order valence-corrected chi connectivity index (χ1v) is 7.43. The second kappa shape index (κ2) is 5.17. The molecular weight excluding hydrogens is 274 g/mol. The summed E-state index contributed by atoms with van der Waals surface area (Å²) in [5.74, 6) is -0.343. The van der Waals surface area contributed by atoms with Crippen molar-refractivity contribution in [3.63, 3.8) is 0 Å². The molecule has 1 saturated carbocycles. The number of phenolic OH excluding ortho intramolecular Hbond substituents is 2. The van der Waals surface area contributed by atoms with Crippen molar-refractivity contribution in [2.45, 2.75) is 25.4 Å². The van der Waals surface area contributed by atoms with Gasteiger partial charge < -0.3 is 15.1 Å². The monoisotopic (exact) mass is 289 g/mol. The largest absolute Gasteiger partial charge is 0.508 e. The lowest BCUT2D eigenvalue weighted by atomic mass is 10.1. The highest BCUT2D eigenvalue weighted by Gasteiger charge is 2.33. The molecule has 0 aliphatic heterocycles. The van der Waals surface area contributed by atoms with E-state index in [0.717, 1.165) is 18.4 Å². The Kier molecular flexibility index (Phi) is 3.36. The highest BCUT2D eigenvalue weighted by molar-refractivity contribution is 7.07. The van der Waals surface area contributed by atoms with Crippen molar-refractivity contribution in [2.75, 3.05) is 0 Å². The van der Waals surface area contributed by atoms with Crippen LogP contribution in [0.15, 0.2) is 35.0 Å². The van der Waals surface area contributed by atoms with Crippen LogP contribution in [0.1, 0.15) is 28.8 Å². The molecule has 0 radical (unpaired) electrons. The van der Waals surface area contributed by atoms with Crippen molar-refractivity contribution in [1.29, 1.82) is 0 Å². The van der Waals surface area contributed by atoms with Crippen LogP contribution in [0, 0.1) is 0 Å². The number of benzene rings is 1. The summed E-state index contributed by atoms with van der Waals surface area (Å²) in [6.07, 6.45) is 2.03. The number of hydrogen-bond acceptors (Lipinski definition) is 4. The number of hydrogen-bond donors (Lipinski definition) is 2. The maximum Gasteiger partial charge on any atom is 0.254 e. The number of thiophene rings is 1. The first kappa shape index (κ1) is 13.0. The highest BCUT2D eigenvalue weighted by Crippen LogP contribution is 2.31. The van der Waals surface area contributed by atoms with E-state index >= 15 is 0 Å². The quantitative estimate of drug-likeness (QED) is 0.909. The molecule has 1 heterocycles. The average molecular weight is 289 g/mol. The van der Waals surface area contributed by atoms with Crippen molar-refractivity contribution in [1.82, 2.24) is 4.90 Å². The molecule has 1 aromatic carbocycles. The fraction of sp³-hybridized carbons (Fsp3) is 0.267. The third-order valence-electron chi connectivity index (χ3n) is 3.33. The van der Waals surface area contributed by atoms with Gasteiger partial charge in [-0.2, -0.15) is 11.3 Å². The molecule has 5 heteroatoms. The molecule has 3 rings (SSSR count). The minimum atomic E-state index is -0.148. The first-order valence-electron chi connectivity index (χ1n) is 6.48. The van der Waals surface area contributed by atoms with Crippen LogP contribution in [0.25, 0.3) is 0 Å². The van der Waals surface area contributed by atoms with E-state index in [1.807, 2.05) is 21.7 Å². The Morgan fingerprint density at radius 2 is 1.95 bits per heavy atom. The second-order valence-electron chi connectivity index (χ2n) is 5.03. The molecule has 104 valence electrons. The SMILES string of the molecule is O=C(c1cc(O)cc(O)c1)N(Cc1ccsc1)C1CC1. The van der Waals surface area contributed by atoms with Gasteiger partial charge in [0.05, 0.1) is 0 Å².